The van der Waals surface area contributed by atoms with Gasteiger partial charge in [-0.05, 0) is 12.8 Å². The Labute approximate surface area is 77.9 Å². The molecule has 2 aliphatic rings. The minimum absolute atomic E-state index is 0.0908. The Balaban J connectivity index is 1.94. The molecule has 1 atom stereocenters. The zero-order chi connectivity index (χ0) is 9.26. The lowest BCUT2D eigenvalue weighted by Crippen LogP contribution is -2.53. The van der Waals surface area contributed by atoms with Crippen molar-refractivity contribution in [3.63, 3.8) is 0 Å². The van der Waals surface area contributed by atoms with Gasteiger partial charge in [-0.3, -0.25) is 4.79 Å². The highest BCUT2D eigenvalue weighted by Crippen LogP contribution is 2.20. The molecule has 4 heteroatoms. The third-order valence-electron chi connectivity index (χ3n) is 3.00. The highest BCUT2D eigenvalue weighted by Gasteiger charge is 2.34. The maximum atomic E-state index is 11.8. The van der Waals surface area contributed by atoms with Crippen LogP contribution in [0.1, 0.15) is 12.8 Å². The molecule has 0 aromatic carbocycles. The van der Waals surface area contributed by atoms with E-state index in [9.17, 15) is 4.79 Å². The molecule has 0 aliphatic carbocycles. The molecule has 13 heavy (non-hydrogen) atoms. The lowest BCUT2D eigenvalue weighted by molar-refractivity contribution is -0.138. The Hall–Kier alpha value is -0.610. The van der Waals surface area contributed by atoms with E-state index in [4.69, 9.17) is 5.11 Å². The smallest absolute Gasteiger partial charge is 0.228 e. The van der Waals surface area contributed by atoms with Gasteiger partial charge < -0.3 is 15.3 Å². The van der Waals surface area contributed by atoms with Crippen LogP contribution in [0.2, 0.25) is 0 Å². The molecule has 2 heterocycles. The van der Waals surface area contributed by atoms with E-state index >= 15 is 0 Å². The number of hydrogen-bond acceptors (Lipinski definition) is 3. The molecule has 2 fully saturated rings. The molecule has 2 N–H and O–H groups in total. The second-order valence-electron chi connectivity index (χ2n) is 3.87. The summed E-state index contributed by atoms with van der Waals surface area (Å²) in [4.78, 5) is 13.6. The molecular formula is C9H16N2O2. The number of carbonyl (C=O) groups excluding carboxylic acids is 1. The van der Waals surface area contributed by atoms with Crippen LogP contribution in [0.5, 0.6) is 0 Å². The fourth-order valence-corrected chi connectivity index (χ4v) is 2.01. The quantitative estimate of drug-likeness (QED) is 0.590. The topological polar surface area (TPSA) is 52.6 Å². The summed E-state index contributed by atoms with van der Waals surface area (Å²) in [5, 5.41) is 12.1. The lowest BCUT2D eigenvalue weighted by Gasteiger charge is -2.32. The standard InChI is InChI=1S/C9H16N2O2/c12-6-8-2-1-3-11(8)9(13)7-4-10-5-7/h7-8,10,12H,1-6H2. The zero-order valence-corrected chi connectivity index (χ0v) is 7.70. The fraction of sp³-hybridized carbons (Fsp3) is 0.889. The molecule has 2 aliphatic heterocycles. The van der Waals surface area contributed by atoms with Crippen molar-refractivity contribution in [3.05, 3.63) is 0 Å². The molecule has 74 valence electrons. The Morgan fingerprint density at radius 1 is 1.54 bits per heavy atom. The van der Waals surface area contributed by atoms with Crippen LogP contribution < -0.4 is 5.32 Å². The molecule has 4 nitrogen and oxygen atoms in total. The first-order valence-corrected chi connectivity index (χ1v) is 4.95. The molecule has 2 saturated heterocycles. The number of nitrogens with one attached hydrogen (secondary N) is 1. The zero-order valence-electron chi connectivity index (χ0n) is 7.70. The molecular weight excluding hydrogens is 168 g/mol. The van der Waals surface area contributed by atoms with E-state index in [1.165, 1.54) is 0 Å². The Morgan fingerprint density at radius 2 is 2.31 bits per heavy atom. The minimum atomic E-state index is 0.0908. The van der Waals surface area contributed by atoms with Gasteiger partial charge in [-0.15, -0.1) is 0 Å². The summed E-state index contributed by atoms with van der Waals surface area (Å²) in [7, 11) is 0. The molecule has 1 unspecified atom stereocenters. The average Bonchev–Trinajstić information content (AvgIpc) is 2.47. The number of amides is 1. The summed E-state index contributed by atoms with van der Waals surface area (Å²) in [5.41, 5.74) is 0. The van der Waals surface area contributed by atoms with Gasteiger partial charge in [0.15, 0.2) is 0 Å². The monoisotopic (exact) mass is 184 g/mol. The summed E-state index contributed by atoms with van der Waals surface area (Å²) in [5.74, 6) is 0.405. The van der Waals surface area contributed by atoms with Gasteiger partial charge in [-0.1, -0.05) is 0 Å². The maximum Gasteiger partial charge on any atom is 0.228 e. The number of carbonyl (C=O) groups is 1. The van der Waals surface area contributed by atoms with E-state index in [2.05, 4.69) is 5.32 Å². The predicted molar refractivity (Wildman–Crippen MR) is 48.2 cm³/mol. The van der Waals surface area contributed by atoms with Crippen LogP contribution in [0.3, 0.4) is 0 Å². The Morgan fingerprint density at radius 3 is 2.85 bits per heavy atom. The molecule has 0 aromatic rings. The van der Waals surface area contributed by atoms with Crippen LogP contribution >= 0.6 is 0 Å². The van der Waals surface area contributed by atoms with Crippen molar-refractivity contribution >= 4 is 5.91 Å². The normalized spacial score (nSPS) is 29.0. The van der Waals surface area contributed by atoms with E-state index in [0.717, 1.165) is 32.5 Å². The molecule has 2 rings (SSSR count). The van der Waals surface area contributed by atoms with Gasteiger partial charge in [0.05, 0.1) is 18.6 Å². The highest BCUT2D eigenvalue weighted by atomic mass is 16.3. The van der Waals surface area contributed by atoms with Gasteiger partial charge >= 0.3 is 0 Å². The van der Waals surface area contributed by atoms with Crippen molar-refractivity contribution in [2.75, 3.05) is 26.2 Å². The number of nitrogens with zero attached hydrogens (tertiary/aromatic N) is 1. The first kappa shape index (κ1) is 8.97. The van der Waals surface area contributed by atoms with E-state index in [-0.39, 0.29) is 24.5 Å². The number of rotatable bonds is 2. The molecule has 0 bridgehead atoms. The van der Waals surface area contributed by atoms with Crippen LogP contribution in [-0.4, -0.2) is 48.2 Å². The van der Waals surface area contributed by atoms with E-state index < -0.39 is 0 Å². The molecule has 1 amide bonds. The maximum absolute atomic E-state index is 11.8. The SMILES string of the molecule is O=C(C1CNC1)N1CCCC1CO. The molecule has 0 saturated carbocycles. The van der Waals surface area contributed by atoms with Crippen LogP contribution in [0, 0.1) is 5.92 Å². The fourth-order valence-electron chi connectivity index (χ4n) is 2.01. The van der Waals surface area contributed by atoms with Gasteiger partial charge in [0, 0.05) is 19.6 Å². The molecule has 0 aromatic heterocycles. The second kappa shape index (κ2) is 3.64. The summed E-state index contributed by atoms with van der Waals surface area (Å²) >= 11 is 0. The van der Waals surface area contributed by atoms with Crippen molar-refractivity contribution in [1.82, 2.24) is 10.2 Å². The van der Waals surface area contributed by atoms with Gasteiger partial charge in [0.1, 0.15) is 0 Å². The number of aliphatic hydroxyl groups excluding tert-OH is 1. The van der Waals surface area contributed by atoms with Crippen LogP contribution in [0.4, 0.5) is 0 Å². The van der Waals surface area contributed by atoms with Crippen molar-refractivity contribution in [1.29, 1.82) is 0 Å². The van der Waals surface area contributed by atoms with E-state index in [1.54, 1.807) is 0 Å². The van der Waals surface area contributed by atoms with Crippen molar-refractivity contribution in [2.24, 2.45) is 5.92 Å². The van der Waals surface area contributed by atoms with Crippen molar-refractivity contribution in [3.8, 4) is 0 Å². The van der Waals surface area contributed by atoms with Crippen molar-refractivity contribution in [2.45, 2.75) is 18.9 Å². The van der Waals surface area contributed by atoms with Crippen LogP contribution in [0.25, 0.3) is 0 Å². The summed E-state index contributed by atoms with van der Waals surface area (Å²) in [6.07, 6.45) is 2.00. The average molecular weight is 184 g/mol. The second-order valence-corrected chi connectivity index (χ2v) is 3.87. The predicted octanol–water partition coefficient (Wildman–Crippen LogP) is -0.811. The first-order chi connectivity index (χ1) is 6.33. The number of aliphatic hydroxyl groups is 1. The summed E-state index contributed by atoms with van der Waals surface area (Å²) in [6, 6.07) is 0.0908. The van der Waals surface area contributed by atoms with Crippen LogP contribution in [-0.2, 0) is 4.79 Å². The van der Waals surface area contributed by atoms with Crippen LogP contribution in [0.15, 0.2) is 0 Å². The third kappa shape index (κ3) is 1.56. The first-order valence-electron chi connectivity index (χ1n) is 4.95. The number of hydrogen-bond donors (Lipinski definition) is 2. The van der Waals surface area contributed by atoms with Crippen molar-refractivity contribution < 1.29 is 9.90 Å². The third-order valence-corrected chi connectivity index (χ3v) is 3.00. The Kier molecular flexibility index (Phi) is 2.51. The van der Waals surface area contributed by atoms with E-state index in [1.807, 2.05) is 4.90 Å². The summed E-state index contributed by atoms with van der Waals surface area (Å²) in [6.45, 7) is 2.58. The largest absolute Gasteiger partial charge is 0.394 e. The van der Waals surface area contributed by atoms with Gasteiger partial charge in [-0.2, -0.15) is 0 Å². The minimum Gasteiger partial charge on any atom is -0.394 e. The summed E-state index contributed by atoms with van der Waals surface area (Å²) < 4.78 is 0. The van der Waals surface area contributed by atoms with Gasteiger partial charge in [-0.25, -0.2) is 0 Å². The number of likely N-dealkylation sites (tertiary alicyclic amines) is 1. The van der Waals surface area contributed by atoms with Gasteiger partial charge in [0.2, 0.25) is 5.91 Å². The van der Waals surface area contributed by atoms with E-state index in [0.29, 0.717) is 0 Å². The lowest BCUT2D eigenvalue weighted by atomic mass is 10.0. The molecule has 0 radical (unpaired) electrons. The van der Waals surface area contributed by atoms with Gasteiger partial charge in [0.25, 0.3) is 0 Å². The highest BCUT2D eigenvalue weighted by molar-refractivity contribution is 5.80. The Bertz CT molecular complexity index is 204. The molecule has 0 spiro atoms.